The SMILES string of the molecule is C/C=C/CCNS(=O)(=O)c1[nH]ncc1C(=O)OCC. The van der Waals surface area contributed by atoms with Gasteiger partial charge < -0.3 is 4.74 Å². The zero-order valence-corrected chi connectivity index (χ0v) is 11.7. The standard InChI is InChI=1S/C11H17N3O4S/c1-3-5-6-7-13-19(16,17)10-9(8-12-14-10)11(15)18-4-2/h3,5,8,13H,4,6-7H2,1-2H3,(H,12,14)/b5-3+. The second kappa shape index (κ2) is 7.05. The molecule has 0 aliphatic rings. The van der Waals surface area contributed by atoms with E-state index in [0.29, 0.717) is 6.42 Å². The first-order chi connectivity index (χ1) is 9.03. The number of sulfonamides is 1. The Kier molecular flexibility index (Phi) is 5.71. The van der Waals surface area contributed by atoms with E-state index in [2.05, 4.69) is 14.9 Å². The number of aromatic amines is 1. The van der Waals surface area contributed by atoms with Crippen molar-refractivity contribution in [2.24, 2.45) is 0 Å². The Bertz CT molecular complexity index is 548. The van der Waals surface area contributed by atoms with Crippen LogP contribution in [0.4, 0.5) is 0 Å². The highest BCUT2D eigenvalue weighted by molar-refractivity contribution is 7.89. The molecule has 1 rings (SSSR count). The third kappa shape index (κ3) is 4.18. The molecule has 2 N–H and O–H groups in total. The van der Waals surface area contributed by atoms with Crippen LogP contribution in [-0.4, -0.2) is 37.7 Å². The Morgan fingerprint density at radius 2 is 2.32 bits per heavy atom. The van der Waals surface area contributed by atoms with Crippen LogP contribution in [0.15, 0.2) is 23.4 Å². The van der Waals surface area contributed by atoms with Crippen LogP contribution in [0.2, 0.25) is 0 Å². The fourth-order valence-electron chi connectivity index (χ4n) is 1.35. The number of aromatic nitrogens is 2. The predicted octanol–water partition coefficient (Wildman–Crippen LogP) is 0.831. The molecule has 0 saturated heterocycles. The van der Waals surface area contributed by atoms with E-state index >= 15 is 0 Å². The van der Waals surface area contributed by atoms with Crippen LogP contribution in [0, 0.1) is 0 Å². The van der Waals surface area contributed by atoms with Crippen molar-refractivity contribution in [2.75, 3.05) is 13.2 Å². The maximum Gasteiger partial charge on any atom is 0.342 e. The summed E-state index contributed by atoms with van der Waals surface area (Å²) in [7, 11) is -3.79. The van der Waals surface area contributed by atoms with Crippen molar-refractivity contribution in [3.05, 3.63) is 23.9 Å². The summed E-state index contributed by atoms with van der Waals surface area (Å²) in [4.78, 5) is 11.6. The van der Waals surface area contributed by atoms with Gasteiger partial charge in [-0.05, 0) is 20.3 Å². The second-order valence-corrected chi connectivity index (χ2v) is 5.29. The summed E-state index contributed by atoms with van der Waals surface area (Å²) in [5, 5.41) is 5.61. The minimum atomic E-state index is -3.79. The smallest absolute Gasteiger partial charge is 0.342 e. The first kappa shape index (κ1) is 15.4. The molecule has 1 aromatic rings. The van der Waals surface area contributed by atoms with Gasteiger partial charge in [0.05, 0.1) is 12.8 Å². The van der Waals surface area contributed by atoms with Crippen molar-refractivity contribution in [2.45, 2.75) is 25.3 Å². The number of hydrogen-bond donors (Lipinski definition) is 2. The monoisotopic (exact) mass is 287 g/mol. The van der Waals surface area contributed by atoms with Crippen LogP contribution in [0.25, 0.3) is 0 Å². The first-order valence-electron chi connectivity index (χ1n) is 5.84. The number of carbonyl (C=O) groups excluding carboxylic acids is 1. The number of H-pyrrole nitrogens is 1. The van der Waals surface area contributed by atoms with Gasteiger partial charge >= 0.3 is 5.97 Å². The minimum Gasteiger partial charge on any atom is -0.462 e. The van der Waals surface area contributed by atoms with Crippen molar-refractivity contribution in [1.29, 1.82) is 0 Å². The molecular formula is C11H17N3O4S. The summed E-state index contributed by atoms with van der Waals surface area (Å²) >= 11 is 0. The van der Waals surface area contributed by atoms with Crippen molar-refractivity contribution in [1.82, 2.24) is 14.9 Å². The van der Waals surface area contributed by atoms with E-state index in [4.69, 9.17) is 4.74 Å². The molecule has 0 spiro atoms. The Morgan fingerprint density at radius 3 is 2.95 bits per heavy atom. The molecule has 0 amide bonds. The van der Waals surface area contributed by atoms with Crippen molar-refractivity contribution >= 4 is 16.0 Å². The highest BCUT2D eigenvalue weighted by atomic mass is 32.2. The fourth-order valence-corrected chi connectivity index (χ4v) is 2.48. The van der Waals surface area contributed by atoms with Gasteiger partial charge in [-0.25, -0.2) is 17.9 Å². The van der Waals surface area contributed by atoms with Crippen molar-refractivity contribution < 1.29 is 17.9 Å². The molecule has 0 aliphatic carbocycles. The molecule has 0 aliphatic heterocycles. The first-order valence-corrected chi connectivity index (χ1v) is 7.32. The maximum atomic E-state index is 12.0. The Balaban J connectivity index is 2.84. The van der Waals surface area contributed by atoms with E-state index < -0.39 is 16.0 Å². The number of allylic oxidation sites excluding steroid dienone is 1. The number of nitrogens with one attached hydrogen (secondary N) is 2. The van der Waals surface area contributed by atoms with Crippen LogP contribution in [0.5, 0.6) is 0 Å². The van der Waals surface area contributed by atoms with Gasteiger partial charge in [0, 0.05) is 6.54 Å². The predicted molar refractivity (Wildman–Crippen MR) is 69.2 cm³/mol. The minimum absolute atomic E-state index is 0.0969. The van der Waals surface area contributed by atoms with E-state index in [1.807, 2.05) is 19.1 Å². The van der Waals surface area contributed by atoms with Gasteiger partial charge in [-0.1, -0.05) is 12.2 Å². The average molecular weight is 287 g/mol. The van der Waals surface area contributed by atoms with Gasteiger partial charge in [0.15, 0.2) is 5.03 Å². The number of nitrogens with zero attached hydrogens (tertiary/aromatic N) is 1. The van der Waals surface area contributed by atoms with Gasteiger partial charge in [-0.3, -0.25) is 5.10 Å². The number of esters is 1. The quantitative estimate of drug-likeness (QED) is 0.439. The summed E-state index contributed by atoms with van der Waals surface area (Å²) in [6, 6.07) is 0. The van der Waals surface area contributed by atoms with Gasteiger partial charge in [-0.2, -0.15) is 5.10 Å². The lowest BCUT2D eigenvalue weighted by Crippen LogP contribution is -2.26. The van der Waals surface area contributed by atoms with Crippen LogP contribution in [0.1, 0.15) is 30.6 Å². The van der Waals surface area contributed by atoms with Crippen LogP contribution >= 0.6 is 0 Å². The maximum absolute atomic E-state index is 12.0. The summed E-state index contributed by atoms with van der Waals surface area (Å²) in [6.07, 6.45) is 5.37. The zero-order chi connectivity index (χ0) is 14.3. The molecule has 0 bridgehead atoms. The van der Waals surface area contributed by atoms with Crippen LogP contribution < -0.4 is 4.72 Å². The summed E-state index contributed by atoms with van der Waals surface area (Å²) < 4.78 is 31.1. The lowest BCUT2D eigenvalue weighted by atomic mass is 10.4. The van der Waals surface area contributed by atoms with Crippen LogP contribution in [-0.2, 0) is 14.8 Å². The number of ether oxygens (including phenoxy) is 1. The van der Waals surface area contributed by atoms with E-state index in [1.54, 1.807) is 6.92 Å². The molecule has 0 saturated carbocycles. The van der Waals surface area contributed by atoms with Gasteiger partial charge in [0.25, 0.3) is 10.0 Å². The zero-order valence-electron chi connectivity index (χ0n) is 10.8. The molecule has 7 nitrogen and oxygen atoms in total. The van der Waals surface area contributed by atoms with Crippen LogP contribution in [0.3, 0.4) is 0 Å². The van der Waals surface area contributed by atoms with Crippen molar-refractivity contribution in [3.8, 4) is 0 Å². The Labute approximate surface area is 112 Å². The molecule has 1 aromatic heterocycles. The molecule has 8 heteroatoms. The fraction of sp³-hybridized carbons (Fsp3) is 0.455. The van der Waals surface area contributed by atoms with E-state index in [1.165, 1.54) is 0 Å². The third-order valence-corrected chi connectivity index (χ3v) is 3.64. The lowest BCUT2D eigenvalue weighted by molar-refractivity contribution is 0.0522. The molecule has 0 aromatic carbocycles. The van der Waals surface area contributed by atoms with E-state index in [-0.39, 0.29) is 23.7 Å². The molecule has 0 unspecified atom stereocenters. The summed E-state index contributed by atoms with van der Waals surface area (Å²) in [6.45, 7) is 3.90. The summed E-state index contributed by atoms with van der Waals surface area (Å²) in [5.41, 5.74) is -0.0969. The highest BCUT2D eigenvalue weighted by Crippen LogP contribution is 2.12. The van der Waals surface area contributed by atoms with Gasteiger partial charge in [-0.15, -0.1) is 0 Å². The second-order valence-electron chi connectivity index (χ2n) is 3.59. The third-order valence-electron chi connectivity index (χ3n) is 2.21. The Hall–Kier alpha value is -1.67. The topological polar surface area (TPSA) is 101 Å². The number of carbonyl (C=O) groups is 1. The molecule has 19 heavy (non-hydrogen) atoms. The van der Waals surface area contributed by atoms with E-state index in [0.717, 1.165) is 6.20 Å². The number of rotatable bonds is 7. The lowest BCUT2D eigenvalue weighted by Gasteiger charge is -2.05. The van der Waals surface area contributed by atoms with Gasteiger partial charge in [0.2, 0.25) is 0 Å². The van der Waals surface area contributed by atoms with E-state index in [9.17, 15) is 13.2 Å². The molecule has 1 heterocycles. The van der Waals surface area contributed by atoms with Crippen molar-refractivity contribution in [3.63, 3.8) is 0 Å². The van der Waals surface area contributed by atoms with Gasteiger partial charge in [0.1, 0.15) is 5.56 Å². The Morgan fingerprint density at radius 1 is 1.58 bits per heavy atom. The molecular weight excluding hydrogens is 270 g/mol. The summed E-state index contributed by atoms with van der Waals surface area (Å²) in [5.74, 6) is -0.718. The molecule has 0 radical (unpaired) electrons. The average Bonchev–Trinajstić information content (AvgIpc) is 2.85. The largest absolute Gasteiger partial charge is 0.462 e. The molecule has 0 atom stereocenters. The molecule has 106 valence electrons. The normalized spacial score (nSPS) is 11.9. The number of hydrogen-bond acceptors (Lipinski definition) is 5. The highest BCUT2D eigenvalue weighted by Gasteiger charge is 2.25. The molecule has 0 fully saturated rings.